The highest BCUT2D eigenvalue weighted by atomic mass is 16.2. The van der Waals surface area contributed by atoms with Crippen LogP contribution in [0.2, 0.25) is 0 Å². The van der Waals surface area contributed by atoms with Crippen LogP contribution in [-0.4, -0.2) is 35.8 Å². The topological polar surface area (TPSA) is 87.3 Å². The molecule has 1 unspecified atom stereocenters. The number of amides is 3. The third kappa shape index (κ3) is 3.95. The van der Waals surface area contributed by atoms with Crippen LogP contribution in [-0.2, 0) is 14.4 Å². The number of nitrogens with one attached hydrogen (secondary N) is 3. The predicted molar refractivity (Wildman–Crippen MR) is 75.9 cm³/mol. The Morgan fingerprint density at radius 3 is 2.40 bits per heavy atom. The van der Waals surface area contributed by atoms with E-state index >= 15 is 0 Å². The summed E-state index contributed by atoms with van der Waals surface area (Å²) in [6.45, 7) is 5.90. The van der Waals surface area contributed by atoms with Gasteiger partial charge in [0.1, 0.15) is 11.6 Å². The molecule has 3 N–H and O–H groups in total. The first-order chi connectivity index (χ1) is 9.45. The zero-order valence-corrected chi connectivity index (χ0v) is 12.5. The zero-order valence-electron chi connectivity index (χ0n) is 12.5. The van der Waals surface area contributed by atoms with Gasteiger partial charge in [-0.25, -0.2) is 0 Å². The molecule has 1 aliphatic rings. The van der Waals surface area contributed by atoms with Crippen molar-refractivity contribution in [2.75, 3.05) is 6.54 Å². The van der Waals surface area contributed by atoms with Gasteiger partial charge in [-0.15, -0.1) is 0 Å². The Balaban J connectivity index is 2.93. The highest BCUT2D eigenvalue weighted by molar-refractivity contribution is 5.94. The van der Waals surface area contributed by atoms with E-state index < -0.39 is 11.6 Å². The van der Waals surface area contributed by atoms with E-state index in [1.165, 1.54) is 0 Å². The minimum atomic E-state index is -0.926. The molecule has 0 aromatic heterocycles. The van der Waals surface area contributed by atoms with E-state index in [9.17, 15) is 14.4 Å². The van der Waals surface area contributed by atoms with Crippen LogP contribution in [0, 0.1) is 0 Å². The first-order valence-corrected chi connectivity index (χ1v) is 7.35. The molecule has 1 saturated heterocycles. The molecule has 20 heavy (non-hydrogen) atoms. The summed E-state index contributed by atoms with van der Waals surface area (Å²) in [7, 11) is 0. The fraction of sp³-hybridized carbons (Fsp3) is 0.786. The fourth-order valence-corrected chi connectivity index (χ4v) is 2.31. The summed E-state index contributed by atoms with van der Waals surface area (Å²) in [5, 5.41) is 8.31. The third-order valence-electron chi connectivity index (χ3n) is 3.89. The molecular weight excluding hydrogens is 258 g/mol. The molecule has 1 aliphatic heterocycles. The molecule has 6 nitrogen and oxygen atoms in total. The van der Waals surface area contributed by atoms with Crippen LogP contribution in [0.1, 0.15) is 52.9 Å². The van der Waals surface area contributed by atoms with Crippen molar-refractivity contribution in [2.24, 2.45) is 0 Å². The highest BCUT2D eigenvalue weighted by Crippen LogP contribution is 2.17. The largest absolute Gasteiger partial charge is 0.354 e. The zero-order chi connectivity index (χ0) is 15.2. The SMILES string of the molecule is CCC1(CC)NC(=O)CCCCNC(=O)C(C)NC1=O. The van der Waals surface area contributed by atoms with Crippen molar-refractivity contribution in [1.82, 2.24) is 16.0 Å². The van der Waals surface area contributed by atoms with Gasteiger partial charge in [-0.05, 0) is 32.6 Å². The maximum atomic E-state index is 12.4. The van der Waals surface area contributed by atoms with Crippen LogP contribution in [0.5, 0.6) is 0 Å². The van der Waals surface area contributed by atoms with Gasteiger partial charge in [0.25, 0.3) is 0 Å². The van der Waals surface area contributed by atoms with Crippen LogP contribution < -0.4 is 16.0 Å². The lowest BCUT2D eigenvalue weighted by molar-refractivity contribution is -0.136. The van der Waals surface area contributed by atoms with E-state index in [2.05, 4.69) is 16.0 Å². The van der Waals surface area contributed by atoms with Gasteiger partial charge in [-0.2, -0.15) is 0 Å². The van der Waals surface area contributed by atoms with Gasteiger partial charge in [-0.1, -0.05) is 13.8 Å². The first kappa shape index (κ1) is 16.5. The number of carbonyl (C=O) groups is 3. The predicted octanol–water partition coefficient (Wildman–Crippen LogP) is 0.466. The molecule has 0 aromatic carbocycles. The van der Waals surface area contributed by atoms with E-state index in [1.807, 2.05) is 13.8 Å². The summed E-state index contributed by atoms with van der Waals surface area (Å²) < 4.78 is 0. The van der Waals surface area contributed by atoms with Gasteiger partial charge in [0.2, 0.25) is 17.7 Å². The molecule has 0 bridgehead atoms. The van der Waals surface area contributed by atoms with Crippen molar-refractivity contribution < 1.29 is 14.4 Å². The van der Waals surface area contributed by atoms with Crippen molar-refractivity contribution in [3.05, 3.63) is 0 Å². The van der Waals surface area contributed by atoms with E-state index in [0.717, 1.165) is 6.42 Å². The normalized spacial score (nSPS) is 24.8. The minimum absolute atomic E-state index is 0.108. The molecule has 6 heteroatoms. The molecular formula is C14H25N3O3. The van der Waals surface area contributed by atoms with Crippen molar-refractivity contribution in [3.63, 3.8) is 0 Å². The summed E-state index contributed by atoms with van der Waals surface area (Å²) in [5.74, 6) is -0.589. The number of rotatable bonds is 2. The van der Waals surface area contributed by atoms with Crippen LogP contribution in [0.4, 0.5) is 0 Å². The quantitative estimate of drug-likeness (QED) is 0.688. The molecule has 0 aliphatic carbocycles. The van der Waals surface area contributed by atoms with Gasteiger partial charge in [0.15, 0.2) is 0 Å². The fourth-order valence-electron chi connectivity index (χ4n) is 2.31. The summed E-state index contributed by atoms with van der Waals surface area (Å²) in [5.41, 5.74) is -0.926. The summed E-state index contributed by atoms with van der Waals surface area (Å²) in [6.07, 6.45) is 2.82. The summed E-state index contributed by atoms with van der Waals surface area (Å²) >= 11 is 0. The van der Waals surface area contributed by atoms with Crippen molar-refractivity contribution in [2.45, 2.75) is 64.5 Å². The van der Waals surface area contributed by atoms with Crippen LogP contribution >= 0.6 is 0 Å². The molecule has 114 valence electrons. The Bertz CT molecular complexity index is 378. The molecule has 1 rings (SSSR count). The Labute approximate surface area is 120 Å². The summed E-state index contributed by atoms with van der Waals surface area (Å²) in [4.78, 5) is 36.2. The maximum Gasteiger partial charge on any atom is 0.246 e. The molecule has 1 atom stereocenters. The Morgan fingerprint density at radius 1 is 1.15 bits per heavy atom. The second-order valence-corrected chi connectivity index (χ2v) is 5.28. The minimum Gasteiger partial charge on any atom is -0.354 e. The van der Waals surface area contributed by atoms with E-state index in [4.69, 9.17) is 0 Å². The lowest BCUT2D eigenvalue weighted by atomic mass is 9.90. The molecule has 0 radical (unpaired) electrons. The number of hydrogen-bond donors (Lipinski definition) is 3. The molecule has 1 heterocycles. The summed E-state index contributed by atoms with van der Waals surface area (Å²) in [6, 6.07) is -0.601. The number of carbonyl (C=O) groups excluding carboxylic acids is 3. The Morgan fingerprint density at radius 2 is 1.80 bits per heavy atom. The lowest BCUT2D eigenvalue weighted by Crippen LogP contribution is -2.61. The van der Waals surface area contributed by atoms with Crippen LogP contribution in [0.25, 0.3) is 0 Å². The van der Waals surface area contributed by atoms with Crippen LogP contribution in [0.15, 0.2) is 0 Å². The Kier molecular flexibility index (Phi) is 5.98. The Hall–Kier alpha value is -1.59. The highest BCUT2D eigenvalue weighted by Gasteiger charge is 2.37. The van der Waals surface area contributed by atoms with Crippen LogP contribution in [0.3, 0.4) is 0 Å². The van der Waals surface area contributed by atoms with Crippen molar-refractivity contribution in [3.8, 4) is 0 Å². The molecule has 0 saturated carbocycles. The van der Waals surface area contributed by atoms with E-state index in [1.54, 1.807) is 6.92 Å². The molecule has 0 aromatic rings. The first-order valence-electron chi connectivity index (χ1n) is 7.35. The van der Waals surface area contributed by atoms with Crippen molar-refractivity contribution >= 4 is 17.7 Å². The van der Waals surface area contributed by atoms with Crippen molar-refractivity contribution in [1.29, 1.82) is 0 Å². The standard InChI is InChI=1S/C14H25N3O3/c1-4-14(5-2)13(20)16-10(3)12(19)15-9-7-6-8-11(18)17-14/h10H,4-9H2,1-3H3,(H,15,19)(H,16,20)(H,17,18). The average molecular weight is 283 g/mol. The third-order valence-corrected chi connectivity index (χ3v) is 3.89. The lowest BCUT2D eigenvalue weighted by Gasteiger charge is -2.33. The molecule has 1 fully saturated rings. The van der Waals surface area contributed by atoms with Gasteiger partial charge < -0.3 is 16.0 Å². The van der Waals surface area contributed by atoms with Gasteiger partial charge in [-0.3, -0.25) is 14.4 Å². The average Bonchev–Trinajstić information content (AvgIpc) is 2.43. The monoisotopic (exact) mass is 283 g/mol. The second kappa shape index (κ2) is 7.26. The van der Waals surface area contributed by atoms with Gasteiger partial charge in [0, 0.05) is 13.0 Å². The van der Waals surface area contributed by atoms with Gasteiger partial charge in [0.05, 0.1) is 0 Å². The number of hydrogen-bond acceptors (Lipinski definition) is 3. The van der Waals surface area contributed by atoms with E-state index in [0.29, 0.717) is 32.2 Å². The maximum absolute atomic E-state index is 12.4. The molecule has 0 spiro atoms. The smallest absolute Gasteiger partial charge is 0.246 e. The molecule has 3 amide bonds. The van der Waals surface area contributed by atoms with E-state index in [-0.39, 0.29) is 17.7 Å². The van der Waals surface area contributed by atoms with Gasteiger partial charge >= 0.3 is 0 Å². The second-order valence-electron chi connectivity index (χ2n) is 5.28.